The third-order valence-electron chi connectivity index (χ3n) is 3.13. The molecule has 106 valence electrons. The maximum atomic E-state index is 12.4. The Labute approximate surface area is 125 Å². The number of hydrogen-bond acceptors (Lipinski definition) is 5. The summed E-state index contributed by atoms with van der Waals surface area (Å²) in [5.41, 5.74) is 2.79. The van der Waals surface area contributed by atoms with E-state index in [-0.39, 0.29) is 12.1 Å². The summed E-state index contributed by atoms with van der Waals surface area (Å²) in [6.07, 6.45) is 1.65. The molecule has 0 aliphatic heterocycles. The SMILES string of the molecule is NNc1ccc(Cl)c(Cn2ncc3ccccc3c2=O)n1. The van der Waals surface area contributed by atoms with Crippen molar-refractivity contribution in [3.8, 4) is 0 Å². The average molecular weight is 302 g/mol. The molecule has 2 heterocycles. The van der Waals surface area contributed by atoms with Crippen LogP contribution in [0.2, 0.25) is 5.02 Å². The number of benzene rings is 1. The lowest BCUT2D eigenvalue weighted by atomic mass is 10.2. The zero-order chi connectivity index (χ0) is 14.8. The molecule has 0 amide bonds. The van der Waals surface area contributed by atoms with Gasteiger partial charge in [-0.15, -0.1) is 0 Å². The number of fused-ring (bicyclic) bond motifs is 1. The monoisotopic (exact) mass is 301 g/mol. The van der Waals surface area contributed by atoms with Crippen molar-refractivity contribution in [1.29, 1.82) is 0 Å². The van der Waals surface area contributed by atoms with E-state index >= 15 is 0 Å². The minimum atomic E-state index is -0.183. The summed E-state index contributed by atoms with van der Waals surface area (Å²) in [7, 11) is 0. The second-order valence-electron chi connectivity index (χ2n) is 4.46. The van der Waals surface area contributed by atoms with Crippen LogP contribution in [0, 0.1) is 0 Å². The fourth-order valence-corrected chi connectivity index (χ4v) is 2.22. The highest BCUT2D eigenvalue weighted by Gasteiger charge is 2.08. The number of rotatable bonds is 3. The Balaban J connectivity index is 2.06. The van der Waals surface area contributed by atoms with Gasteiger partial charge in [-0.1, -0.05) is 29.8 Å². The highest BCUT2D eigenvalue weighted by atomic mass is 35.5. The van der Waals surface area contributed by atoms with Crippen LogP contribution in [0.25, 0.3) is 10.8 Å². The first-order chi connectivity index (χ1) is 10.2. The van der Waals surface area contributed by atoms with Crippen LogP contribution in [0.5, 0.6) is 0 Å². The number of nitrogens with two attached hydrogens (primary N) is 1. The van der Waals surface area contributed by atoms with E-state index < -0.39 is 0 Å². The van der Waals surface area contributed by atoms with Crippen LogP contribution in [0.4, 0.5) is 5.82 Å². The Morgan fingerprint density at radius 2 is 2.05 bits per heavy atom. The summed E-state index contributed by atoms with van der Waals surface area (Å²) in [6.45, 7) is 0.179. The molecule has 0 unspecified atom stereocenters. The summed E-state index contributed by atoms with van der Waals surface area (Å²) in [6, 6.07) is 10.6. The molecule has 7 heteroatoms. The fraction of sp³-hybridized carbons (Fsp3) is 0.0714. The number of nitrogen functional groups attached to an aromatic ring is 1. The molecule has 2 aromatic heterocycles. The molecule has 0 saturated carbocycles. The minimum absolute atomic E-state index is 0.179. The Morgan fingerprint density at radius 1 is 1.24 bits per heavy atom. The van der Waals surface area contributed by atoms with Crippen LogP contribution < -0.4 is 16.8 Å². The Hall–Kier alpha value is -2.44. The molecule has 0 bridgehead atoms. The van der Waals surface area contributed by atoms with Gasteiger partial charge in [-0.25, -0.2) is 15.5 Å². The highest BCUT2D eigenvalue weighted by Crippen LogP contribution is 2.17. The van der Waals surface area contributed by atoms with E-state index in [0.717, 1.165) is 5.39 Å². The van der Waals surface area contributed by atoms with Crippen molar-refractivity contribution in [3.63, 3.8) is 0 Å². The van der Waals surface area contributed by atoms with E-state index in [1.165, 1.54) is 4.68 Å². The van der Waals surface area contributed by atoms with Gasteiger partial charge < -0.3 is 5.43 Å². The Bertz CT molecular complexity index is 861. The first-order valence-corrected chi connectivity index (χ1v) is 6.64. The van der Waals surface area contributed by atoms with Gasteiger partial charge in [-0.3, -0.25) is 4.79 Å². The molecule has 0 aliphatic rings. The van der Waals surface area contributed by atoms with Crippen LogP contribution >= 0.6 is 11.6 Å². The van der Waals surface area contributed by atoms with Gasteiger partial charge in [0.25, 0.3) is 5.56 Å². The van der Waals surface area contributed by atoms with Gasteiger partial charge in [0.2, 0.25) is 0 Å². The second kappa shape index (κ2) is 5.51. The van der Waals surface area contributed by atoms with Crippen LogP contribution in [0.15, 0.2) is 47.4 Å². The van der Waals surface area contributed by atoms with Gasteiger partial charge in [0, 0.05) is 5.39 Å². The van der Waals surface area contributed by atoms with Gasteiger partial charge in [-0.05, 0) is 18.2 Å². The molecular formula is C14H12ClN5O. The normalized spacial score (nSPS) is 10.8. The molecule has 0 aliphatic carbocycles. The summed E-state index contributed by atoms with van der Waals surface area (Å²) in [5.74, 6) is 5.80. The molecule has 3 N–H and O–H groups in total. The van der Waals surface area contributed by atoms with E-state index in [2.05, 4.69) is 15.5 Å². The van der Waals surface area contributed by atoms with E-state index in [0.29, 0.717) is 21.9 Å². The van der Waals surface area contributed by atoms with Crippen molar-refractivity contribution in [3.05, 3.63) is 63.7 Å². The lowest BCUT2D eigenvalue weighted by Gasteiger charge is -2.08. The van der Waals surface area contributed by atoms with Crippen LogP contribution in [0.1, 0.15) is 5.69 Å². The van der Waals surface area contributed by atoms with Crippen LogP contribution in [0.3, 0.4) is 0 Å². The molecule has 0 saturated heterocycles. The van der Waals surface area contributed by atoms with Crippen molar-refractivity contribution in [2.75, 3.05) is 5.43 Å². The quantitative estimate of drug-likeness (QED) is 0.569. The minimum Gasteiger partial charge on any atom is -0.308 e. The molecule has 21 heavy (non-hydrogen) atoms. The number of aromatic nitrogens is 3. The Kier molecular flexibility index (Phi) is 3.55. The lowest BCUT2D eigenvalue weighted by molar-refractivity contribution is 0.636. The molecule has 3 aromatic rings. The number of anilines is 1. The van der Waals surface area contributed by atoms with E-state index in [1.54, 1.807) is 24.4 Å². The van der Waals surface area contributed by atoms with Crippen molar-refractivity contribution >= 4 is 28.2 Å². The number of hydrazine groups is 1. The van der Waals surface area contributed by atoms with E-state index in [1.807, 2.05) is 18.2 Å². The molecular weight excluding hydrogens is 290 g/mol. The Morgan fingerprint density at radius 3 is 2.86 bits per heavy atom. The smallest absolute Gasteiger partial charge is 0.274 e. The third-order valence-corrected chi connectivity index (χ3v) is 3.47. The number of pyridine rings is 1. The predicted octanol–water partition coefficient (Wildman–Crippen LogP) is 1.78. The third kappa shape index (κ3) is 2.58. The fourth-order valence-electron chi connectivity index (χ4n) is 2.06. The van der Waals surface area contributed by atoms with Gasteiger partial charge in [-0.2, -0.15) is 5.10 Å². The zero-order valence-corrected chi connectivity index (χ0v) is 11.7. The molecule has 3 rings (SSSR count). The van der Waals surface area contributed by atoms with Crippen molar-refractivity contribution in [1.82, 2.24) is 14.8 Å². The van der Waals surface area contributed by atoms with E-state index in [9.17, 15) is 4.79 Å². The van der Waals surface area contributed by atoms with Crippen molar-refractivity contribution in [2.45, 2.75) is 6.54 Å². The number of nitrogens with one attached hydrogen (secondary N) is 1. The van der Waals surface area contributed by atoms with Crippen molar-refractivity contribution < 1.29 is 0 Å². The topological polar surface area (TPSA) is 85.8 Å². The van der Waals surface area contributed by atoms with Crippen LogP contribution in [-0.4, -0.2) is 14.8 Å². The number of nitrogens with zero attached hydrogens (tertiary/aromatic N) is 3. The molecule has 0 atom stereocenters. The maximum absolute atomic E-state index is 12.4. The molecule has 6 nitrogen and oxygen atoms in total. The molecule has 0 fully saturated rings. The van der Waals surface area contributed by atoms with Gasteiger partial charge in [0.15, 0.2) is 0 Å². The average Bonchev–Trinajstić information content (AvgIpc) is 2.52. The maximum Gasteiger partial charge on any atom is 0.274 e. The van der Waals surface area contributed by atoms with Gasteiger partial charge in [0.05, 0.1) is 28.8 Å². The molecule has 1 aromatic carbocycles. The van der Waals surface area contributed by atoms with Gasteiger partial charge >= 0.3 is 0 Å². The summed E-state index contributed by atoms with van der Waals surface area (Å²) in [5, 5.41) is 6.02. The lowest BCUT2D eigenvalue weighted by Crippen LogP contribution is -2.24. The number of hydrogen-bond donors (Lipinski definition) is 2. The molecule has 0 spiro atoms. The standard InChI is InChI=1S/C14H12ClN5O/c15-11-5-6-13(19-16)18-12(11)8-20-14(21)10-4-2-1-3-9(10)7-17-20/h1-7H,8,16H2,(H,18,19). The van der Waals surface area contributed by atoms with Crippen LogP contribution in [-0.2, 0) is 6.54 Å². The second-order valence-corrected chi connectivity index (χ2v) is 4.87. The van der Waals surface area contributed by atoms with Gasteiger partial charge in [0.1, 0.15) is 5.82 Å². The summed E-state index contributed by atoms with van der Waals surface area (Å²) >= 11 is 6.10. The summed E-state index contributed by atoms with van der Waals surface area (Å²) in [4.78, 5) is 16.6. The zero-order valence-electron chi connectivity index (χ0n) is 11.0. The first kappa shape index (κ1) is 13.5. The largest absolute Gasteiger partial charge is 0.308 e. The first-order valence-electron chi connectivity index (χ1n) is 6.26. The highest BCUT2D eigenvalue weighted by molar-refractivity contribution is 6.31. The molecule has 0 radical (unpaired) electrons. The number of halogens is 1. The van der Waals surface area contributed by atoms with Crippen molar-refractivity contribution in [2.24, 2.45) is 5.84 Å². The predicted molar refractivity (Wildman–Crippen MR) is 82.2 cm³/mol. The summed E-state index contributed by atoms with van der Waals surface area (Å²) < 4.78 is 1.33. The van der Waals surface area contributed by atoms with E-state index in [4.69, 9.17) is 17.4 Å².